The summed E-state index contributed by atoms with van der Waals surface area (Å²) in [6, 6.07) is 20.4. The molecule has 4 rings (SSSR count). The standard InChI is InChI=1S/C27H26ClNO7/c28-16-9-10-21(24(13-16)35-15-25(31)32)26(33)23(30)11-12-29-27(34)36-14-22-19-7-3-1-5-17(19)18-6-2-4-8-20(18)22/h1-10,13,22-23,26,30,33H,11-12,14-15H2,(H,29,34)(H,31,32). The highest BCUT2D eigenvalue weighted by Gasteiger charge is 2.29. The van der Waals surface area contributed by atoms with Gasteiger partial charge in [0.1, 0.15) is 18.5 Å². The highest BCUT2D eigenvalue weighted by Crippen LogP contribution is 2.44. The summed E-state index contributed by atoms with van der Waals surface area (Å²) in [5, 5.41) is 32.7. The number of carbonyl (C=O) groups excluding carboxylic acids is 1. The van der Waals surface area contributed by atoms with E-state index < -0.39 is 30.9 Å². The first kappa shape index (κ1) is 25.5. The molecule has 0 saturated heterocycles. The molecule has 0 aliphatic heterocycles. The van der Waals surface area contributed by atoms with Crippen molar-refractivity contribution in [1.82, 2.24) is 5.32 Å². The fourth-order valence-electron chi connectivity index (χ4n) is 4.35. The quantitative estimate of drug-likeness (QED) is 0.322. The minimum absolute atomic E-state index is 0.0202. The van der Waals surface area contributed by atoms with Crippen molar-refractivity contribution in [2.75, 3.05) is 19.8 Å². The molecule has 36 heavy (non-hydrogen) atoms. The van der Waals surface area contributed by atoms with Gasteiger partial charge in [-0.1, -0.05) is 66.2 Å². The zero-order valence-electron chi connectivity index (χ0n) is 19.3. The van der Waals surface area contributed by atoms with E-state index in [1.807, 2.05) is 36.4 Å². The van der Waals surface area contributed by atoms with Gasteiger partial charge in [0.25, 0.3) is 0 Å². The van der Waals surface area contributed by atoms with Gasteiger partial charge in [0, 0.05) is 23.0 Å². The molecule has 9 heteroatoms. The van der Waals surface area contributed by atoms with Crippen molar-refractivity contribution in [3.8, 4) is 16.9 Å². The number of benzene rings is 3. The van der Waals surface area contributed by atoms with E-state index in [4.69, 9.17) is 26.2 Å². The lowest BCUT2D eigenvalue weighted by atomic mass is 9.98. The van der Waals surface area contributed by atoms with Crippen LogP contribution in [0.15, 0.2) is 66.7 Å². The van der Waals surface area contributed by atoms with Crippen LogP contribution >= 0.6 is 11.6 Å². The molecule has 0 bridgehead atoms. The fraction of sp³-hybridized carbons (Fsp3) is 0.259. The molecule has 8 nitrogen and oxygen atoms in total. The number of ether oxygens (including phenoxy) is 2. The van der Waals surface area contributed by atoms with Gasteiger partial charge in [0.2, 0.25) is 0 Å². The van der Waals surface area contributed by atoms with E-state index in [0.717, 1.165) is 22.3 Å². The van der Waals surface area contributed by atoms with Crippen LogP contribution in [0, 0.1) is 0 Å². The van der Waals surface area contributed by atoms with Crippen molar-refractivity contribution >= 4 is 23.7 Å². The fourth-order valence-corrected chi connectivity index (χ4v) is 4.52. The SMILES string of the molecule is O=C(O)COc1cc(Cl)ccc1C(O)C(O)CCNC(=O)OCC1c2ccccc2-c2ccccc21. The average Bonchev–Trinajstić information content (AvgIpc) is 3.19. The van der Waals surface area contributed by atoms with Crippen molar-refractivity contribution in [3.63, 3.8) is 0 Å². The number of nitrogens with one attached hydrogen (secondary N) is 1. The van der Waals surface area contributed by atoms with Crippen molar-refractivity contribution in [1.29, 1.82) is 0 Å². The molecule has 3 aromatic carbocycles. The molecule has 4 N–H and O–H groups in total. The van der Waals surface area contributed by atoms with Gasteiger partial charge in [-0.25, -0.2) is 9.59 Å². The second-order valence-corrected chi connectivity index (χ2v) is 8.85. The monoisotopic (exact) mass is 511 g/mol. The number of hydrogen-bond acceptors (Lipinski definition) is 6. The van der Waals surface area contributed by atoms with Crippen LogP contribution in [0.5, 0.6) is 5.75 Å². The smallest absolute Gasteiger partial charge is 0.407 e. The highest BCUT2D eigenvalue weighted by molar-refractivity contribution is 6.30. The summed E-state index contributed by atoms with van der Waals surface area (Å²) in [5.74, 6) is -1.20. The Morgan fingerprint density at radius 2 is 1.61 bits per heavy atom. The Morgan fingerprint density at radius 1 is 0.972 bits per heavy atom. The number of carboxylic acid groups (broad SMARTS) is 1. The minimum Gasteiger partial charge on any atom is -0.481 e. The molecule has 0 saturated carbocycles. The maximum atomic E-state index is 12.3. The largest absolute Gasteiger partial charge is 0.481 e. The Balaban J connectivity index is 1.29. The van der Waals surface area contributed by atoms with Gasteiger partial charge in [0.05, 0.1) is 6.10 Å². The predicted octanol–water partition coefficient (Wildman–Crippen LogP) is 4.13. The Labute approximate surface area is 213 Å². The molecule has 1 aliphatic carbocycles. The molecular weight excluding hydrogens is 486 g/mol. The van der Waals surface area contributed by atoms with Gasteiger partial charge in [-0.2, -0.15) is 0 Å². The second kappa shape index (κ2) is 11.4. The molecule has 3 aromatic rings. The molecule has 2 atom stereocenters. The molecular formula is C27H26ClNO7. The number of carbonyl (C=O) groups is 2. The van der Waals surface area contributed by atoms with Crippen molar-refractivity contribution < 1.29 is 34.4 Å². The molecule has 0 heterocycles. The van der Waals surface area contributed by atoms with Crippen LogP contribution in [0.1, 0.15) is 35.1 Å². The lowest BCUT2D eigenvalue weighted by Crippen LogP contribution is -2.30. The third-order valence-corrected chi connectivity index (χ3v) is 6.30. The number of aliphatic hydroxyl groups is 2. The van der Waals surface area contributed by atoms with Gasteiger partial charge in [-0.15, -0.1) is 0 Å². The van der Waals surface area contributed by atoms with Crippen LogP contribution in [-0.4, -0.2) is 53.2 Å². The molecule has 1 aliphatic rings. The molecule has 0 fully saturated rings. The maximum Gasteiger partial charge on any atom is 0.407 e. The number of amides is 1. The summed E-state index contributed by atoms with van der Waals surface area (Å²) in [6.07, 6.45) is -3.25. The van der Waals surface area contributed by atoms with Gasteiger partial charge in [-0.3, -0.25) is 0 Å². The Bertz CT molecular complexity index is 1200. The number of aliphatic carboxylic acids is 1. The van der Waals surface area contributed by atoms with Gasteiger partial charge in [-0.05, 0) is 40.8 Å². The number of carboxylic acids is 1. The van der Waals surface area contributed by atoms with E-state index in [0.29, 0.717) is 0 Å². The first-order valence-corrected chi connectivity index (χ1v) is 11.8. The van der Waals surface area contributed by atoms with Crippen molar-refractivity contribution in [2.45, 2.75) is 24.5 Å². The van der Waals surface area contributed by atoms with Crippen LogP contribution in [0.2, 0.25) is 5.02 Å². The molecule has 188 valence electrons. The van der Waals surface area contributed by atoms with E-state index in [1.165, 1.54) is 18.2 Å². The Hall–Kier alpha value is -3.59. The van der Waals surface area contributed by atoms with Crippen molar-refractivity contribution in [2.24, 2.45) is 0 Å². The average molecular weight is 512 g/mol. The molecule has 1 amide bonds. The third-order valence-electron chi connectivity index (χ3n) is 6.06. The zero-order chi connectivity index (χ0) is 25.7. The maximum absolute atomic E-state index is 12.3. The third kappa shape index (κ3) is 5.79. The first-order valence-electron chi connectivity index (χ1n) is 11.4. The summed E-state index contributed by atoms with van der Waals surface area (Å²) >= 11 is 5.93. The minimum atomic E-state index is -1.38. The second-order valence-electron chi connectivity index (χ2n) is 8.42. The number of fused-ring (bicyclic) bond motifs is 3. The Kier molecular flexibility index (Phi) is 8.10. The van der Waals surface area contributed by atoms with E-state index >= 15 is 0 Å². The number of rotatable bonds is 10. The number of aliphatic hydroxyl groups excluding tert-OH is 2. The molecule has 2 unspecified atom stereocenters. The van der Waals surface area contributed by atoms with Crippen LogP contribution in [-0.2, 0) is 9.53 Å². The summed E-state index contributed by atoms with van der Waals surface area (Å²) in [6.45, 7) is -0.409. The van der Waals surface area contributed by atoms with Gasteiger partial charge >= 0.3 is 12.1 Å². The summed E-state index contributed by atoms with van der Waals surface area (Å²) < 4.78 is 10.6. The normalized spacial score (nSPS) is 13.9. The molecule has 0 aromatic heterocycles. The number of alkyl carbamates (subject to hydrolysis) is 1. The van der Waals surface area contributed by atoms with Crippen LogP contribution in [0.3, 0.4) is 0 Å². The van der Waals surface area contributed by atoms with Crippen LogP contribution in [0.4, 0.5) is 4.79 Å². The van der Waals surface area contributed by atoms with E-state index in [2.05, 4.69) is 17.4 Å². The lowest BCUT2D eigenvalue weighted by Gasteiger charge is -2.21. The van der Waals surface area contributed by atoms with Crippen LogP contribution < -0.4 is 10.1 Å². The highest BCUT2D eigenvalue weighted by atomic mass is 35.5. The van der Waals surface area contributed by atoms with E-state index in [1.54, 1.807) is 0 Å². The summed E-state index contributed by atoms with van der Waals surface area (Å²) in [5.41, 5.74) is 4.67. The molecule has 0 radical (unpaired) electrons. The Morgan fingerprint density at radius 3 is 2.25 bits per heavy atom. The van der Waals surface area contributed by atoms with Crippen molar-refractivity contribution in [3.05, 3.63) is 88.4 Å². The summed E-state index contributed by atoms with van der Waals surface area (Å²) in [7, 11) is 0. The lowest BCUT2D eigenvalue weighted by molar-refractivity contribution is -0.139. The topological polar surface area (TPSA) is 125 Å². The van der Waals surface area contributed by atoms with E-state index in [9.17, 15) is 19.8 Å². The summed E-state index contributed by atoms with van der Waals surface area (Å²) in [4.78, 5) is 23.1. The van der Waals surface area contributed by atoms with Gasteiger partial charge < -0.3 is 30.1 Å². The molecule has 0 spiro atoms. The van der Waals surface area contributed by atoms with E-state index in [-0.39, 0.29) is 41.8 Å². The first-order chi connectivity index (χ1) is 17.3. The van der Waals surface area contributed by atoms with Gasteiger partial charge in [0.15, 0.2) is 6.61 Å². The number of hydrogen-bond donors (Lipinski definition) is 4. The number of halogens is 1. The van der Waals surface area contributed by atoms with Crippen LogP contribution in [0.25, 0.3) is 11.1 Å². The zero-order valence-corrected chi connectivity index (χ0v) is 20.0. The predicted molar refractivity (Wildman–Crippen MR) is 133 cm³/mol.